The minimum atomic E-state index is -0.107. The fourth-order valence-corrected chi connectivity index (χ4v) is 3.69. The Morgan fingerprint density at radius 3 is 2.67 bits per heavy atom. The van der Waals surface area contributed by atoms with Crippen LogP contribution in [0.4, 0.5) is 5.69 Å². The van der Waals surface area contributed by atoms with Gasteiger partial charge in [-0.2, -0.15) is 5.26 Å². The van der Waals surface area contributed by atoms with Crippen LogP contribution in [0.3, 0.4) is 0 Å². The van der Waals surface area contributed by atoms with E-state index in [-0.39, 0.29) is 24.4 Å². The third-order valence-electron chi connectivity index (χ3n) is 4.70. The molecule has 0 unspecified atom stereocenters. The fraction of sp³-hybridized carbons (Fsp3) is 0.286. The van der Waals surface area contributed by atoms with E-state index in [1.165, 1.54) is 0 Å². The summed E-state index contributed by atoms with van der Waals surface area (Å²) in [5.74, 6) is -0.141. The van der Waals surface area contributed by atoms with E-state index in [0.717, 1.165) is 16.1 Å². The molecule has 27 heavy (non-hydrogen) atoms. The lowest BCUT2D eigenvalue weighted by molar-refractivity contribution is -0.138. The number of carbonyl (C=O) groups is 2. The molecule has 1 atom stereocenters. The first kappa shape index (κ1) is 19.0. The minimum absolute atomic E-state index is 0.0337. The first-order valence-electron chi connectivity index (χ1n) is 8.74. The lowest BCUT2D eigenvalue weighted by atomic mass is 10.1. The molecule has 2 aromatic carbocycles. The van der Waals surface area contributed by atoms with Crippen LogP contribution in [-0.4, -0.2) is 42.1 Å². The Morgan fingerprint density at radius 1 is 1.26 bits per heavy atom. The number of amides is 2. The highest BCUT2D eigenvalue weighted by atomic mass is 32.2. The van der Waals surface area contributed by atoms with Gasteiger partial charge in [0.15, 0.2) is 0 Å². The Kier molecular flexibility index (Phi) is 5.82. The van der Waals surface area contributed by atoms with Gasteiger partial charge in [0.05, 0.1) is 18.1 Å². The van der Waals surface area contributed by atoms with E-state index >= 15 is 0 Å². The van der Waals surface area contributed by atoms with Crippen molar-refractivity contribution in [1.29, 1.82) is 5.26 Å². The average molecular weight is 379 g/mol. The lowest BCUT2D eigenvalue weighted by Gasteiger charge is -2.39. The molecular weight excluding hydrogens is 358 g/mol. The highest BCUT2D eigenvalue weighted by Crippen LogP contribution is 2.22. The van der Waals surface area contributed by atoms with Gasteiger partial charge in [0.2, 0.25) is 11.8 Å². The number of nitrogens with zero attached hydrogens (tertiary/aromatic N) is 3. The predicted octanol–water partition coefficient (Wildman–Crippen LogP) is 3.09. The van der Waals surface area contributed by atoms with E-state index in [2.05, 4.69) is 6.07 Å². The van der Waals surface area contributed by atoms with Gasteiger partial charge in [-0.1, -0.05) is 12.1 Å². The molecule has 0 aromatic heterocycles. The van der Waals surface area contributed by atoms with Crippen LogP contribution in [0.5, 0.6) is 0 Å². The molecule has 1 aliphatic heterocycles. The molecule has 1 saturated heterocycles. The van der Waals surface area contributed by atoms with Gasteiger partial charge in [0.1, 0.15) is 6.54 Å². The van der Waals surface area contributed by atoms with E-state index in [1.54, 1.807) is 45.8 Å². The summed E-state index contributed by atoms with van der Waals surface area (Å²) in [5.41, 5.74) is 2.27. The number of nitriles is 1. The molecule has 2 amide bonds. The van der Waals surface area contributed by atoms with Gasteiger partial charge in [0.25, 0.3) is 0 Å². The number of hydrogen-bond acceptors (Lipinski definition) is 4. The van der Waals surface area contributed by atoms with E-state index in [1.807, 2.05) is 37.4 Å². The Balaban J connectivity index is 1.69. The first-order valence-corrected chi connectivity index (χ1v) is 9.97. The molecule has 138 valence electrons. The highest BCUT2D eigenvalue weighted by Gasteiger charge is 2.33. The third-order valence-corrected chi connectivity index (χ3v) is 5.43. The van der Waals surface area contributed by atoms with Crippen LogP contribution in [0.2, 0.25) is 0 Å². The number of hydrogen-bond donors (Lipinski definition) is 0. The molecule has 0 radical (unpaired) electrons. The molecule has 6 heteroatoms. The molecule has 2 aromatic rings. The van der Waals surface area contributed by atoms with Crippen LogP contribution in [0.15, 0.2) is 53.4 Å². The Bertz CT molecular complexity index is 889. The molecule has 0 aliphatic carbocycles. The summed E-state index contributed by atoms with van der Waals surface area (Å²) < 4.78 is 0. The smallest absolute Gasteiger partial charge is 0.246 e. The van der Waals surface area contributed by atoms with E-state index in [9.17, 15) is 9.59 Å². The summed E-state index contributed by atoms with van der Waals surface area (Å²) in [4.78, 5) is 29.9. The van der Waals surface area contributed by atoms with Crippen LogP contribution in [0.1, 0.15) is 18.1 Å². The SMILES string of the molecule is CSc1cccc(CC(=O)N2CC(=O)N(c3ccc(C#N)cc3)C[C@H]2C)c1. The monoisotopic (exact) mass is 379 g/mol. The van der Waals surface area contributed by atoms with E-state index < -0.39 is 0 Å². The van der Waals surface area contributed by atoms with Crippen molar-refractivity contribution in [2.45, 2.75) is 24.3 Å². The normalized spacial score (nSPS) is 16.9. The van der Waals surface area contributed by atoms with Crippen molar-refractivity contribution >= 4 is 29.3 Å². The van der Waals surface area contributed by atoms with Crippen molar-refractivity contribution < 1.29 is 9.59 Å². The third kappa shape index (κ3) is 4.32. The van der Waals surface area contributed by atoms with E-state index in [0.29, 0.717) is 18.5 Å². The van der Waals surface area contributed by atoms with Gasteiger partial charge in [-0.3, -0.25) is 9.59 Å². The maximum atomic E-state index is 12.8. The summed E-state index contributed by atoms with van der Waals surface area (Å²) >= 11 is 1.64. The van der Waals surface area contributed by atoms with Gasteiger partial charge in [0, 0.05) is 23.2 Å². The van der Waals surface area contributed by atoms with Gasteiger partial charge < -0.3 is 9.80 Å². The predicted molar refractivity (Wildman–Crippen MR) is 107 cm³/mol. The van der Waals surface area contributed by atoms with E-state index in [4.69, 9.17) is 5.26 Å². The summed E-state index contributed by atoms with van der Waals surface area (Å²) in [5, 5.41) is 8.91. The summed E-state index contributed by atoms with van der Waals surface area (Å²) in [6.45, 7) is 2.48. The summed E-state index contributed by atoms with van der Waals surface area (Å²) in [6.07, 6.45) is 2.30. The lowest BCUT2D eigenvalue weighted by Crippen LogP contribution is -2.57. The zero-order valence-electron chi connectivity index (χ0n) is 15.4. The molecular formula is C21H21N3O2S. The summed E-state index contributed by atoms with van der Waals surface area (Å²) in [7, 11) is 0. The largest absolute Gasteiger partial charge is 0.329 e. The topological polar surface area (TPSA) is 64.4 Å². The molecule has 1 aliphatic rings. The van der Waals surface area contributed by atoms with Crippen LogP contribution in [0.25, 0.3) is 0 Å². The standard InChI is InChI=1S/C21H21N3O2S/c1-15-13-24(18-8-6-16(12-22)7-9-18)21(26)14-23(15)20(25)11-17-4-3-5-19(10-17)27-2/h3-10,15H,11,13-14H2,1-2H3/t15-/m1/s1. The van der Waals surface area contributed by atoms with Crippen molar-refractivity contribution in [2.24, 2.45) is 0 Å². The number of piperazine rings is 1. The molecule has 0 spiro atoms. The number of anilines is 1. The van der Waals surface area contributed by atoms with Gasteiger partial charge >= 0.3 is 0 Å². The van der Waals surface area contributed by atoms with Crippen molar-refractivity contribution in [3.63, 3.8) is 0 Å². The van der Waals surface area contributed by atoms with Gasteiger partial charge in [-0.25, -0.2) is 0 Å². The summed E-state index contributed by atoms with van der Waals surface area (Å²) in [6, 6.07) is 16.9. The molecule has 0 bridgehead atoms. The first-order chi connectivity index (χ1) is 13.0. The molecule has 3 rings (SSSR count). The quantitative estimate of drug-likeness (QED) is 0.766. The second kappa shape index (κ2) is 8.28. The number of thioether (sulfide) groups is 1. The second-order valence-electron chi connectivity index (χ2n) is 6.56. The maximum absolute atomic E-state index is 12.8. The van der Waals surface area contributed by atoms with Crippen LogP contribution in [0, 0.1) is 11.3 Å². The van der Waals surface area contributed by atoms with Crippen molar-refractivity contribution in [1.82, 2.24) is 4.90 Å². The number of carbonyl (C=O) groups excluding carboxylic acids is 2. The minimum Gasteiger partial charge on any atom is -0.329 e. The van der Waals surface area contributed by atoms with Crippen LogP contribution >= 0.6 is 11.8 Å². The Hall–Kier alpha value is -2.78. The molecule has 5 nitrogen and oxygen atoms in total. The Morgan fingerprint density at radius 2 is 2.00 bits per heavy atom. The van der Waals surface area contributed by atoms with Crippen LogP contribution < -0.4 is 4.90 Å². The second-order valence-corrected chi connectivity index (χ2v) is 7.44. The average Bonchev–Trinajstić information content (AvgIpc) is 2.69. The molecule has 1 heterocycles. The number of benzene rings is 2. The Labute approximate surface area is 163 Å². The van der Waals surface area contributed by atoms with Crippen molar-refractivity contribution in [2.75, 3.05) is 24.2 Å². The number of rotatable bonds is 4. The highest BCUT2D eigenvalue weighted by molar-refractivity contribution is 7.98. The zero-order valence-corrected chi connectivity index (χ0v) is 16.2. The molecule has 0 N–H and O–H groups in total. The van der Waals surface area contributed by atoms with Crippen LogP contribution in [-0.2, 0) is 16.0 Å². The van der Waals surface area contributed by atoms with Gasteiger partial charge in [-0.15, -0.1) is 11.8 Å². The van der Waals surface area contributed by atoms with Crippen molar-refractivity contribution in [3.8, 4) is 6.07 Å². The zero-order chi connectivity index (χ0) is 19.4. The maximum Gasteiger partial charge on any atom is 0.246 e. The molecule has 0 saturated carbocycles. The van der Waals surface area contributed by atoms with Gasteiger partial charge in [-0.05, 0) is 55.1 Å². The molecule has 1 fully saturated rings. The fourth-order valence-electron chi connectivity index (χ4n) is 3.21. The van der Waals surface area contributed by atoms with Crippen molar-refractivity contribution in [3.05, 3.63) is 59.7 Å².